The van der Waals surface area contributed by atoms with Gasteiger partial charge in [-0.2, -0.15) is 0 Å². The number of hydrogen-bond acceptors (Lipinski definition) is 3. The Labute approximate surface area is 139 Å². The highest BCUT2D eigenvalue weighted by Crippen LogP contribution is 2.26. The summed E-state index contributed by atoms with van der Waals surface area (Å²) in [6.45, 7) is 9.36. The minimum absolute atomic E-state index is 0.284. The fraction of sp³-hybridized carbons (Fsp3) is 0.632. The number of fused-ring (bicyclic) bond motifs is 1. The van der Waals surface area contributed by atoms with Crippen molar-refractivity contribution in [2.75, 3.05) is 32.8 Å². The molecule has 126 valence electrons. The van der Waals surface area contributed by atoms with Gasteiger partial charge in [-0.05, 0) is 23.5 Å². The SMILES string of the molecule is CC(C)CN1Cc2ccccc2C[C@H]1CC(=O)N1CCOCC1. The van der Waals surface area contributed by atoms with E-state index in [0.29, 0.717) is 31.6 Å². The van der Waals surface area contributed by atoms with Gasteiger partial charge in [-0.3, -0.25) is 9.69 Å². The van der Waals surface area contributed by atoms with Crippen molar-refractivity contribution in [3.8, 4) is 0 Å². The smallest absolute Gasteiger partial charge is 0.224 e. The van der Waals surface area contributed by atoms with Gasteiger partial charge >= 0.3 is 0 Å². The van der Waals surface area contributed by atoms with Crippen LogP contribution in [0.5, 0.6) is 0 Å². The first-order valence-corrected chi connectivity index (χ1v) is 8.80. The number of amides is 1. The number of nitrogens with zero attached hydrogens (tertiary/aromatic N) is 2. The lowest BCUT2D eigenvalue weighted by molar-refractivity contribution is -0.136. The molecule has 1 aromatic rings. The summed E-state index contributed by atoms with van der Waals surface area (Å²) in [6.07, 6.45) is 1.61. The monoisotopic (exact) mass is 316 g/mol. The van der Waals surface area contributed by atoms with Gasteiger partial charge in [0.2, 0.25) is 5.91 Å². The van der Waals surface area contributed by atoms with Gasteiger partial charge < -0.3 is 9.64 Å². The second-order valence-corrected chi connectivity index (χ2v) is 7.15. The quantitative estimate of drug-likeness (QED) is 0.854. The molecule has 4 heteroatoms. The molecule has 0 radical (unpaired) electrons. The van der Waals surface area contributed by atoms with Gasteiger partial charge in [0.1, 0.15) is 0 Å². The molecule has 4 nitrogen and oxygen atoms in total. The fourth-order valence-corrected chi connectivity index (χ4v) is 3.67. The molecule has 3 rings (SSSR count). The highest BCUT2D eigenvalue weighted by atomic mass is 16.5. The van der Waals surface area contributed by atoms with E-state index in [1.165, 1.54) is 11.1 Å². The number of rotatable bonds is 4. The Balaban J connectivity index is 1.70. The third-order valence-corrected chi connectivity index (χ3v) is 4.84. The van der Waals surface area contributed by atoms with E-state index in [2.05, 4.69) is 43.0 Å². The maximum absolute atomic E-state index is 12.7. The van der Waals surface area contributed by atoms with Crippen LogP contribution in [0.15, 0.2) is 24.3 Å². The Morgan fingerprint density at radius 2 is 1.91 bits per heavy atom. The lowest BCUT2D eigenvalue weighted by atomic mass is 9.91. The summed E-state index contributed by atoms with van der Waals surface area (Å²) in [5.74, 6) is 0.896. The molecule has 0 aliphatic carbocycles. The number of carbonyl (C=O) groups is 1. The number of morpholine rings is 1. The van der Waals surface area contributed by atoms with Gasteiger partial charge in [0.25, 0.3) is 0 Å². The zero-order valence-corrected chi connectivity index (χ0v) is 14.3. The van der Waals surface area contributed by atoms with Crippen LogP contribution in [-0.2, 0) is 22.5 Å². The van der Waals surface area contributed by atoms with Gasteiger partial charge in [-0.15, -0.1) is 0 Å². The van der Waals surface area contributed by atoms with Crippen LogP contribution in [0.25, 0.3) is 0 Å². The molecule has 1 amide bonds. The van der Waals surface area contributed by atoms with Crippen molar-refractivity contribution in [3.05, 3.63) is 35.4 Å². The Morgan fingerprint density at radius 1 is 1.22 bits per heavy atom. The molecule has 0 spiro atoms. The van der Waals surface area contributed by atoms with Crippen molar-refractivity contribution >= 4 is 5.91 Å². The molecular formula is C19H28N2O2. The first-order valence-electron chi connectivity index (χ1n) is 8.80. The molecule has 1 fully saturated rings. The molecule has 1 saturated heterocycles. The maximum atomic E-state index is 12.7. The van der Waals surface area contributed by atoms with Crippen LogP contribution in [0.1, 0.15) is 31.4 Å². The van der Waals surface area contributed by atoms with E-state index in [4.69, 9.17) is 4.74 Å². The summed E-state index contributed by atoms with van der Waals surface area (Å²) in [5, 5.41) is 0. The minimum Gasteiger partial charge on any atom is -0.378 e. The lowest BCUT2D eigenvalue weighted by Gasteiger charge is -2.39. The third-order valence-electron chi connectivity index (χ3n) is 4.84. The van der Waals surface area contributed by atoms with Crippen LogP contribution in [0, 0.1) is 5.92 Å². The molecule has 0 N–H and O–H groups in total. The van der Waals surface area contributed by atoms with E-state index < -0.39 is 0 Å². The van der Waals surface area contributed by atoms with Crippen LogP contribution >= 0.6 is 0 Å². The molecule has 1 atom stereocenters. The summed E-state index contributed by atoms with van der Waals surface area (Å²) in [5.41, 5.74) is 2.83. The first kappa shape index (κ1) is 16.5. The molecule has 2 aliphatic rings. The molecule has 1 aromatic carbocycles. The summed E-state index contributed by atoms with van der Waals surface area (Å²) in [7, 11) is 0. The average molecular weight is 316 g/mol. The van der Waals surface area contributed by atoms with Crippen LogP contribution in [0.4, 0.5) is 0 Å². The van der Waals surface area contributed by atoms with Gasteiger partial charge in [-0.25, -0.2) is 0 Å². The largest absolute Gasteiger partial charge is 0.378 e. The molecule has 0 aromatic heterocycles. The highest BCUT2D eigenvalue weighted by Gasteiger charge is 2.30. The normalized spacial score (nSPS) is 22.2. The molecule has 23 heavy (non-hydrogen) atoms. The van der Waals surface area contributed by atoms with Crippen molar-refractivity contribution in [1.82, 2.24) is 9.80 Å². The number of hydrogen-bond donors (Lipinski definition) is 0. The Morgan fingerprint density at radius 3 is 2.61 bits per heavy atom. The Kier molecular flexibility index (Phi) is 5.34. The van der Waals surface area contributed by atoms with E-state index >= 15 is 0 Å². The van der Waals surface area contributed by atoms with Crippen molar-refractivity contribution < 1.29 is 9.53 Å². The summed E-state index contributed by atoms with van der Waals surface area (Å²) < 4.78 is 5.36. The Bertz CT molecular complexity index is 538. The zero-order chi connectivity index (χ0) is 16.2. The topological polar surface area (TPSA) is 32.8 Å². The number of carbonyl (C=O) groups excluding carboxylic acids is 1. The van der Waals surface area contributed by atoms with Gasteiger partial charge in [0.15, 0.2) is 0 Å². The Hall–Kier alpha value is -1.39. The zero-order valence-electron chi connectivity index (χ0n) is 14.3. The summed E-state index contributed by atoms with van der Waals surface area (Å²) in [6, 6.07) is 8.99. The predicted molar refractivity (Wildman–Crippen MR) is 91.2 cm³/mol. The van der Waals surface area contributed by atoms with Crippen molar-refractivity contribution in [1.29, 1.82) is 0 Å². The van der Waals surface area contributed by atoms with Crippen molar-refractivity contribution in [2.45, 2.75) is 39.3 Å². The second kappa shape index (κ2) is 7.45. The van der Waals surface area contributed by atoms with Crippen molar-refractivity contribution in [3.63, 3.8) is 0 Å². The van der Waals surface area contributed by atoms with E-state index in [-0.39, 0.29) is 5.91 Å². The van der Waals surface area contributed by atoms with Crippen LogP contribution < -0.4 is 0 Å². The van der Waals surface area contributed by atoms with Gasteiger partial charge in [-0.1, -0.05) is 38.1 Å². The average Bonchev–Trinajstić information content (AvgIpc) is 2.55. The first-order chi connectivity index (χ1) is 11.1. The number of ether oxygens (including phenoxy) is 1. The van der Waals surface area contributed by atoms with E-state index in [1.807, 2.05) is 4.90 Å². The lowest BCUT2D eigenvalue weighted by Crippen LogP contribution is -2.47. The maximum Gasteiger partial charge on any atom is 0.224 e. The van der Waals surface area contributed by atoms with E-state index in [0.717, 1.165) is 32.6 Å². The van der Waals surface area contributed by atoms with E-state index in [9.17, 15) is 4.79 Å². The standard InChI is InChI=1S/C19H28N2O2/c1-15(2)13-21-14-17-6-4-3-5-16(17)11-18(21)12-19(22)20-7-9-23-10-8-20/h3-6,15,18H,7-14H2,1-2H3/t18-/m0/s1. The van der Waals surface area contributed by atoms with Crippen molar-refractivity contribution in [2.24, 2.45) is 5.92 Å². The molecule has 2 heterocycles. The highest BCUT2D eigenvalue weighted by molar-refractivity contribution is 5.77. The van der Waals surface area contributed by atoms with Crippen LogP contribution in [-0.4, -0.2) is 54.6 Å². The van der Waals surface area contributed by atoms with Gasteiger partial charge in [0, 0.05) is 38.6 Å². The molecule has 0 saturated carbocycles. The fourth-order valence-electron chi connectivity index (χ4n) is 3.67. The summed E-state index contributed by atoms with van der Waals surface area (Å²) in [4.78, 5) is 17.1. The third kappa shape index (κ3) is 4.12. The second-order valence-electron chi connectivity index (χ2n) is 7.15. The van der Waals surface area contributed by atoms with Gasteiger partial charge in [0.05, 0.1) is 13.2 Å². The molecular weight excluding hydrogens is 288 g/mol. The van der Waals surface area contributed by atoms with Crippen LogP contribution in [0.3, 0.4) is 0 Å². The molecule has 0 bridgehead atoms. The predicted octanol–water partition coefficient (Wildman–Crippen LogP) is 2.32. The molecule has 2 aliphatic heterocycles. The summed E-state index contributed by atoms with van der Waals surface area (Å²) >= 11 is 0. The minimum atomic E-state index is 0.284. The van der Waals surface area contributed by atoms with E-state index in [1.54, 1.807) is 0 Å². The molecule has 0 unspecified atom stereocenters. The van der Waals surface area contributed by atoms with Crippen LogP contribution in [0.2, 0.25) is 0 Å². The number of benzene rings is 1.